The van der Waals surface area contributed by atoms with Crippen molar-refractivity contribution < 1.29 is 4.79 Å². The second kappa shape index (κ2) is 4.48. The molecule has 2 heteroatoms. The third kappa shape index (κ3) is 3.24. The van der Waals surface area contributed by atoms with Crippen molar-refractivity contribution in [2.75, 3.05) is 0 Å². The normalized spacial score (nSPS) is 30.1. The van der Waals surface area contributed by atoms with Gasteiger partial charge in [-0.1, -0.05) is 26.2 Å². The predicted molar refractivity (Wildman–Crippen MR) is 49.6 cm³/mol. The van der Waals surface area contributed by atoms with Gasteiger partial charge in [0.15, 0.2) is 0 Å². The molecule has 0 spiro atoms. The SMILES string of the molecule is CC1CCCC(CCC(N)=O)C1. The molecule has 0 bridgehead atoms. The van der Waals surface area contributed by atoms with Crippen LogP contribution in [0.15, 0.2) is 0 Å². The molecular weight excluding hydrogens is 150 g/mol. The molecular formula is C10H19NO. The van der Waals surface area contributed by atoms with Crippen molar-refractivity contribution >= 4 is 5.91 Å². The molecule has 70 valence electrons. The van der Waals surface area contributed by atoms with Crippen LogP contribution in [0, 0.1) is 11.8 Å². The Kier molecular flexibility index (Phi) is 3.57. The fourth-order valence-corrected chi connectivity index (χ4v) is 2.17. The Morgan fingerprint density at radius 3 is 2.83 bits per heavy atom. The molecule has 0 radical (unpaired) electrons. The van der Waals surface area contributed by atoms with Crippen molar-refractivity contribution in [1.29, 1.82) is 0 Å². The Morgan fingerprint density at radius 1 is 1.50 bits per heavy atom. The molecule has 2 nitrogen and oxygen atoms in total. The summed E-state index contributed by atoms with van der Waals surface area (Å²) in [6, 6.07) is 0. The first kappa shape index (κ1) is 9.56. The average molecular weight is 169 g/mol. The molecule has 2 N–H and O–H groups in total. The topological polar surface area (TPSA) is 43.1 Å². The van der Waals surface area contributed by atoms with Crippen LogP contribution in [0.2, 0.25) is 0 Å². The lowest BCUT2D eigenvalue weighted by molar-refractivity contribution is -0.118. The maximum absolute atomic E-state index is 10.5. The molecule has 1 rings (SSSR count). The van der Waals surface area contributed by atoms with Gasteiger partial charge in [0.25, 0.3) is 0 Å². The molecule has 1 fully saturated rings. The number of hydrogen-bond donors (Lipinski definition) is 1. The minimum atomic E-state index is -0.145. The van der Waals surface area contributed by atoms with Gasteiger partial charge < -0.3 is 5.73 Å². The summed E-state index contributed by atoms with van der Waals surface area (Å²) in [5, 5.41) is 0. The highest BCUT2D eigenvalue weighted by atomic mass is 16.1. The van der Waals surface area contributed by atoms with Crippen molar-refractivity contribution in [1.82, 2.24) is 0 Å². The van der Waals surface area contributed by atoms with E-state index in [2.05, 4.69) is 6.92 Å². The summed E-state index contributed by atoms with van der Waals surface area (Å²) in [7, 11) is 0. The van der Waals surface area contributed by atoms with Gasteiger partial charge in [-0.3, -0.25) is 4.79 Å². The van der Waals surface area contributed by atoms with Crippen molar-refractivity contribution in [3.8, 4) is 0 Å². The molecule has 0 saturated heterocycles. The van der Waals surface area contributed by atoms with E-state index in [9.17, 15) is 4.79 Å². The van der Waals surface area contributed by atoms with E-state index in [-0.39, 0.29) is 5.91 Å². The van der Waals surface area contributed by atoms with Crippen LogP contribution in [0.1, 0.15) is 45.4 Å². The van der Waals surface area contributed by atoms with E-state index in [1.54, 1.807) is 0 Å². The highest BCUT2D eigenvalue weighted by Gasteiger charge is 2.18. The molecule has 0 aliphatic heterocycles. The summed E-state index contributed by atoms with van der Waals surface area (Å²) in [4.78, 5) is 10.5. The summed E-state index contributed by atoms with van der Waals surface area (Å²) in [5.41, 5.74) is 5.11. The van der Waals surface area contributed by atoms with E-state index in [4.69, 9.17) is 5.73 Å². The number of carbonyl (C=O) groups excluding carboxylic acids is 1. The number of nitrogens with two attached hydrogens (primary N) is 1. The minimum Gasteiger partial charge on any atom is -0.370 e. The Hall–Kier alpha value is -0.530. The fourth-order valence-electron chi connectivity index (χ4n) is 2.17. The first-order valence-corrected chi connectivity index (χ1v) is 4.96. The van der Waals surface area contributed by atoms with E-state index in [0.717, 1.165) is 18.3 Å². The van der Waals surface area contributed by atoms with Crippen LogP contribution in [0.3, 0.4) is 0 Å². The monoisotopic (exact) mass is 169 g/mol. The Bertz CT molecular complexity index is 156. The zero-order valence-electron chi connectivity index (χ0n) is 7.88. The highest BCUT2D eigenvalue weighted by molar-refractivity contribution is 5.73. The highest BCUT2D eigenvalue weighted by Crippen LogP contribution is 2.31. The van der Waals surface area contributed by atoms with Crippen LogP contribution in [0.25, 0.3) is 0 Å². The first-order valence-electron chi connectivity index (χ1n) is 4.96. The third-order valence-electron chi connectivity index (χ3n) is 2.84. The largest absolute Gasteiger partial charge is 0.370 e. The summed E-state index contributed by atoms with van der Waals surface area (Å²) >= 11 is 0. The zero-order chi connectivity index (χ0) is 8.97. The summed E-state index contributed by atoms with van der Waals surface area (Å²) in [6.07, 6.45) is 6.90. The molecule has 1 amide bonds. The molecule has 0 aromatic rings. The summed E-state index contributed by atoms with van der Waals surface area (Å²) in [6.45, 7) is 2.30. The van der Waals surface area contributed by atoms with Gasteiger partial charge in [0, 0.05) is 6.42 Å². The quantitative estimate of drug-likeness (QED) is 0.690. The maximum atomic E-state index is 10.5. The van der Waals surface area contributed by atoms with Crippen molar-refractivity contribution in [2.24, 2.45) is 17.6 Å². The molecule has 1 aliphatic carbocycles. The molecule has 2 unspecified atom stereocenters. The van der Waals surface area contributed by atoms with Crippen molar-refractivity contribution in [2.45, 2.75) is 45.4 Å². The average Bonchev–Trinajstić information content (AvgIpc) is 2.01. The lowest BCUT2D eigenvalue weighted by atomic mass is 9.80. The zero-order valence-corrected chi connectivity index (χ0v) is 7.88. The smallest absolute Gasteiger partial charge is 0.217 e. The Balaban J connectivity index is 2.18. The Morgan fingerprint density at radius 2 is 2.25 bits per heavy atom. The molecule has 2 atom stereocenters. The lowest BCUT2D eigenvalue weighted by Crippen LogP contribution is -2.17. The molecule has 0 heterocycles. The Labute approximate surface area is 74.5 Å². The number of primary amides is 1. The molecule has 0 aromatic heterocycles. The molecule has 1 saturated carbocycles. The second-order valence-corrected chi connectivity index (χ2v) is 4.14. The predicted octanol–water partition coefficient (Wildman–Crippen LogP) is 2.08. The maximum Gasteiger partial charge on any atom is 0.217 e. The number of hydrogen-bond acceptors (Lipinski definition) is 1. The van der Waals surface area contributed by atoms with Crippen molar-refractivity contribution in [3.05, 3.63) is 0 Å². The van der Waals surface area contributed by atoms with Crippen LogP contribution in [-0.4, -0.2) is 5.91 Å². The lowest BCUT2D eigenvalue weighted by Gasteiger charge is -2.26. The minimum absolute atomic E-state index is 0.145. The van der Waals surface area contributed by atoms with Crippen molar-refractivity contribution in [3.63, 3.8) is 0 Å². The second-order valence-electron chi connectivity index (χ2n) is 4.14. The van der Waals surface area contributed by atoms with E-state index < -0.39 is 0 Å². The number of carbonyl (C=O) groups is 1. The standard InChI is InChI=1S/C10H19NO/c1-8-3-2-4-9(7-8)5-6-10(11)12/h8-9H,2-7H2,1H3,(H2,11,12). The summed E-state index contributed by atoms with van der Waals surface area (Å²) < 4.78 is 0. The van der Waals surface area contributed by atoms with Gasteiger partial charge in [0.2, 0.25) is 5.91 Å². The van der Waals surface area contributed by atoms with Crippen LogP contribution >= 0.6 is 0 Å². The number of amides is 1. The number of rotatable bonds is 3. The van der Waals surface area contributed by atoms with E-state index in [0.29, 0.717) is 6.42 Å². The van der Waals surface area contributed by atoms with Gasteiger partial charge in [0.05, 0.1) is 0 Å². The van der Waals surface area contributed by atoms with Gasteiger partial charge in [-0.2, -0.15) is 0 Å². The molecule has 1 aliphatic rings. The van der Waals surface area contributed by atoms with Gasteiger partial charge in [-0.05, 0) is 24.7 Å². The fraction of sp³-hybridized carbons (Fsp3) is 0.900. The van der Waals surface area contributed by atoms with Crippen LogP contribution in [0.5, 0.6) is 0 Å². The van der Waals surface area contributed by atoms with E-state index in [1.807, 2.05) is 0 Å². The van der Waals surface area contributed by atoms with Gasteiger partial charge >= 0.3 is 0 Å². The van der Waals surface area contributed by atoms with Gasteiger partial charge in [-0.15, -0.1) is 0 Å². The first-order chi connectivity index (χ1) is 5.68. The van der Waals surface area contributed by atoms with Crippen LogP contribution < -0.4 is 5.73 Å². The van der Waals surface area contributed by atoms with E-state index in [1.165, 1.54) is 25.7 Å². The van der Waals surface area contributed by atoms with Gasteiger partial charge in [-0.25, -0.2) is 0 Å². The van der Waals surface area contributed by atoms with Crippen LogP contribution in [-0.2, 0) is 4.79 Å². The third-order valence-corrected chi connectivity index (χ3v) is 2.84. The van der Waals surface area contributed by atoms with Crippen LogP contribution in [0.4, 0.5) is 0 Å². The van der Waals surface area contributed by atoms with Gasteiger partial charge in [0.1, 0.15) is 0 Å². The summed E-state index contributed by atoms with van der Waals surface area (Å²) in [5.74, 6) is 1.48. The van der Waals surface area contributed by atoms with E-state index >= 15 is 0 Å². The molecule has 0 aromatic carbocycles. The molecule has 12 heavy (non-hydrogen) atoms.